The molecule has 0 bridgehead atoms. The number of nitrogens with zero attached hydrogens (tertiary/aromatic N) is 2. The van der Waals surface area contributed by atoms with Crippen LogP contribution in [-0.2, 0) is 17.8 Å². The van der Waals surface area contributed by atoms with Crippen LogP contribution < -0.4 is 5.32 Å². The van der Waals surface area contributed by atoms with Gasteiger partial charge in [0.25, 0.3) is 0 Å². The lowest BCUT2D eigenvalue weighted by Crippen LogP contribution is -2.50. The molecule has 114 valence electrons. The lowest BCUT2D eigenvalue weighted by Gasteiger charge is -2.32. The first-order valence-corrected chi connectivity index (χ1v) is 6.97. The number of carbonyl (C=O) groups excluding carboxylic acids is 1. The van der Waals surface area contributed by atoms with Gasteiger partial charge in [0.15, 0.2) is 0 Å². The number of nitrogens with one attached hydrogen (secondary N) is 1. The van der Waals surface area contributed by atoms with Gasteiger partial charge in [-0.1, -0.05) is 0 Å². The minimum atomic E-state index is -4.33. The fourth-order valence-corrected chi connectivity index (χ4v) is 3.08. The Morgan fingerprint density at radius 2 is 2.19 bits per heavy atom. The molecular weight excluding hydrogens is 283 g/mol. The molecule has 0 aliphatic carbocycles. The lowest BCUT2D eigenvalue weighted by molar-refractivity contribution is -0.182. The standard InChI is InChI=1S/C14H16F3N3O/c15-14(16,17)11-2-5-19-12(11)13(21)20-6-3-9-7-18-4-1-10(9)8-20/h1,4,7,11-12,19H,2-3,5-6,8H2/t11-,12-/m0/s1. The van der Waals surface area contributed by atoms with Crippen LogP contribution in [0.5, 0.6) is 0 Å². The van der Waals surface area contributed by atoms with Crippen molar-refractivity contribution in [2.45, 2.75) is 31.6 Å². The Labute approximate surface area is 120 Å². The molecule has 1 fully saturated rings. The molecule has 2 aliphatic rings. The van der Waals surface area contributed by atoms with Crippen LogP contribution in [-0.4, -0.2) is 41.1 Å². The Kier molecular flexibility index (Phi) is 3.61. The quantitative estimate of drug-likeness (QED) is 0.855. The highest BCUT2D eigenvalue weighted by molar-refractivity contribution is 5.83. The Morgan fingerprint density at radius 3 is 2.95 bits per heavy atom. The fourth-order valence-electron chi connectivity index (χ4n) is 3.08. The van der Waals surface area contributed by atoms with Crippen LogP contribution in [0.25, 0.3) is 0 Å². The summed E-state index contributed by atoms with van der Waals surface area (Å²) in [6.07, 6.45) is -0.337. The van der Waals surface area contributed by atoms with Gasteiger partial charge in [-0.2, -0.15) is 13.2 Å². The van der Waals surface area contributed by atoms with E-state index in [9.17, 15) is 18.0 Å². The van der Waals surface area contributed by atoms with Crippen molar-refractivity contribution < 1.29 is 18.0 Å². The molecule has 1 amide bonds. The average molecular weight is 299 g/mol. The van der Waals surface area contributed by atoms with Crippen LogP contribution in [0.4, 0.5) is 13.2 Å². The van der Waals surface area contributed by atoms with Crippen molar-refractivity contribution >= 4 is 5.91 Å². The van der Waals surface area contributed by atoms with Crippen molar-refractivity contribution in [3.8, 4) is 0 Å². The van der Waals surface area contributed by atoms with Crippen LogP contribution in [0.15, 0.2) is 18.5 Å². The summed E-state index contributed by atoms with van der Waals surface area (Å²) in [7, 11) is 0. The van der Waals surface area contributed by atoms with Crippen LogP contribution in [0.3, 0.4) is 0 Å². The second-order valence-corrected chi connectivity index (χ2v) is 5.52. The molecule has 7 heteroatoms. The maximum atomic E-state index is 13.0. The van der Waals surface area contributed by atoms with Gasteiger partial charge in [-0.05, 0) is 36.6 Å². The van der Waals surface area contributed by atoms with Gasteiger partial charge < -0.3 is 10.2 Å². The molecular formula is C14H16F3N3O. The molecule has 1 aromatic heterocycles. The summed E-state index contributed by atoms with van der Waals surface area (Å²) >= 11 is 0. The van der Waals surface area contributed by atoms with Gasteiger partial charge in [0.05, 0.1) is 12.0 Å². The zero-order chi connectivity index (χ0) is 15.0. The number of aromatic nitrogens is 1. The zero-order valence-electron chi connectivity index (χ0n) is 11.4. The average Bonchev–Trinajstić information content (AvgIpc) is 2.95. The first-order valence-electron chi connectivity index (χ1n) is 6.97. The summed E-state index contributed by atoms with van der Waals surface area (Å²) in [6.45, 7) is 1.04. The van der Waals surface area contributed by atoms with E-state index in [2.05, 4.69) is 10.3 Å². The third-order valence-electron chi connectivity index (χ3n) is 4.24. The molecule has 21 heavy (non-hydrogen) atoms. The van der Waals surface area contributed by atoms with Crippen LogP contribution in [0, 0.1) is 5.92 Å². The van der Waals surface area contributed by atoms with Gasteiger partial charge >= 0.3 is 6.18 Å². The van der Waals surface area contributed by atoms with Crippen LogP contribution in [0.1, 0.15) is 17.5 Å². The minimum Gasteiger partial charge on any atom is -0.337 e. The highest BCUT2D eigenvalue weighted by atomic mass is 19.4. The zero-order valence-corrected chi connectivity index (χ0v) is 11.4. The SMILES string of the molecule is O=C([C@H]1NCC[C@@H]1C(F)(F)F)N1CCc2cnccc2C1. The Hall–Kier alpha value is -1.63. The summed E-state index contributed by atoms with van der Waals surface area (Å²) in [4.78, 5) is 18.0. The van der Waals surface area contributed by atoms with Gasteiger partial charge in [-0.15, -0.1) is 0 Å². The van der Waals surface area contributed by atoms with Crippen LogP contribution >= 0.6 is 0 Å². The third-order valence-corrected chi connectivity index (χ3v) is 4.24. The van der Waals surface area contributed by atoms with E-state index in [-0.39, 0.29) is 13.0 Å². The van der Waals surface area contributed by atoms with Gasteiger partial charge in [-0.25, -0.2) is 0 Å². The molecule has 4 nitrogen and oxygen atoms in total. The van der Waals surface area contributed by atoms with Crippen molar-refractivity contribution in [3.05, 3.63) is 29.6 Å². The summed E-state index contributed by atoms with van der Waals surface area (Å²) < 4.78 is 38.9. The first kappa shape index (κ1) is 14.3. The Morgan fingerprint density at radius 1 is 1.38 bits per heavy atom. The molecule has 0 radical (unpaired) electrons. The lowest BCUT2D eigenvalue weighted by atomic mass is 9.96. The third kappa shape index (κ3) is 2.74. The Balaban J connectivity index is 1.75. The number of fused-ring (bicyclic) bond motifs is 1. The summed E-state index contributed by atoms with van der Waals surface area (Å²) in [5.74, 6) is -2.03. The number of hydrogen-bond donors (Lipinski definition) is 1. The first-order chi connectivity index (χ1) is 9.97. The number of pyridine rings is 1. The van der Waals surface area contributed by atoms with Crippen molar-refractivity contribution in [2.75, 3.05) is 13.1 Å². The fraction of sp³-hybridized carbons (Fsp3) is 0.571. The van der Waals surface area contributed by atoms with Crippen molar-refractivity contribution in [3.63, 3.8) is 0 Å². The van der Waals surface area contributed by atoms with E-state index in [1.54, 1.807) is 12.4 Å². The number of alkyl halides is 3. The predicted molar refractivity (Wildman–Crippen MR) is 69.3 cm³/mol. The normalized spacial score (nSPS) is 25.8. The maximum Gasteiger partial charge on any atom is 0.393 e. The van der Waals surface area contributed by atoms with Gasteiger partial charge in [-0.3, -0.25) is 9.78 Å². The van der Waals surface area contributed by atoms with Gasteiger partial charge in [0.1, 0.15) is 0 Å². The second kappa shape index (κ2) is 5.29. The molecule has 2 aliphatic heterocycles. The number of hydrogen-bond acceptors (Lipinski definition) is 3. The van der Waals surface area contributed by atoms with Gasteiger partial charge in [0, 0.05) is 25.5 Å². The number of amides is 1. The summed E-state index contributed by atoms with van der Waals surface area (Å²) in [5, 5.41) is 2.71. The number of halogens is 3. The molecule has 3 rings (SSSR count). The molecule has 0 spiro atoms. The van der Waals surface area contributed by atoms with Crippen molar-refractivity contribution in [2.24, 2.45) is 5.92 Å². The molecule has 1 N–H and O–H groups in total. The minimum absolute atomic E-state index is 0.0335. The smallest absolute Gasteiger partial charge is 0.337 e. The molecule has 1 saturated heterocycles. The van der Waals surface area contributed by atoms with E-state index in [0.29, 0.717) is 19.5 Å². The van der Waals surface area contributed by atoms with E-state index in [1.165, 1.54) is 4.90 Å². The molecule has 2 atom stereocenters. The van der Waals surface area contributed by atoms with E-state index in [4.69, 9.17) is 0 Å². The van der Waals surface area contributed by atoms with E-state index in [0.717, 1.165) is 11.1 Å². The molecule has 3 heterocycles. The topological polar surface area (TPSA) is 45.2 Å². The van der Waals surface area contributed by atoms with E-state index >= 15 is 0 Å². The van der Waals surface area contributed by atoms with E-state index < -0.39 is 24.0 Å². The molecule has 0 aromatic carbocycles. The highest BCUT2D eigenvalue weighted by Gasteiger charge is 2.50. The van der Waals surface area contributed by atoms with Crippen LogP contribution in [0.2, 0.25) is 0 Å². The monoisotopic (exact) mass is 299 g/mol. The van der Waals surface area contributed by atoms with Crippen molar-refractivity contribution in [1.82, 2.24) is 15.2 Å². The largest absolute Gasteiger partial charge is 0.393 e. The van der Waals surface area contributed by atoms with E-state index in [1.807, 2.05) is 6.07 Å². The second-order valence-electron chi connectivity index (χ2n) is 5.52. The molecule has 1 aromatic rings. The highest BCUT2D eigenvalue weighted by Crippen LogP contribution is 2.35. The summed E-state index contributed by atoms with van der Waals surface area (Å²) in [6, 6.07) is 0.673. The predicted octanol–water partition coefficient (Wildman–Crippen LogP) is 1.51. The number of rotatable bonds is 1. The molecule has 0 saturated carbocycles. The number of carbonyl (C=O) groups is 1. The van der Waals surface area contributed by atoms with Gasteiger partial charge in [0.2, 0.25) is 5.91 Å². The maximum absolute atomic E-state index is 13.0. The van der Waals surface area contributed by atoms with Crippen molar-refractivity contribution in [1.29, 1.82) is 0 Å². The Bertz CT molecular complexity index is 547. The summed E-state index contributed by atoms with van der Waals surface area (Å²) in [5.41, 5.74) is 2.03. The molecule has 0 unspecified atom stereocenters.